The minimum absolute atomic E-state index is 0.0401. The molecule has 0 aliphatic carbocycles. The van der Waals surface area contributed by atoms with Crippen LogP contribution in [-0.4, -0.2) is 26.2 Å². The van der Waals surface area contributed by atoms with E-state index in [4.69, 9.17) is 14.7 Å². The van der Waals surface area contributed by atoms with Gasteiger partial charge in [-0.15, -0.1) is 0 Å². The summed E-state index contributed by atoms with van der Waals surface area (Å²) in [5.74, 6) is 1.67. The number of rotatable bonds is 5. The molecule has 0 fully saturated rings. The Kier molecular flexibility index (Phi) is 6.85. The van der Waals surface area contributed by atoms with Crippen molar-refractivity contribution in [2.24, 2.45) is 0 Å². The van der Waals surface area contributed by atoms with Crippen molar-refractivity contribution in [3.05, 3.63) is 151 Å². The second kappa shape index (κ2) is 11.5. The van der Waals surface area contributed by atoms with Crippen LogP contribution in [-0.2, 0) is 5.41 Å². The van der Waals surface area contributed by atoms with Crippen LogP contribution >= 0.6 is 0 Å². The Morgan fingerprint density at radius 1 is 0.560 bits per heavy atom. The van der Waals surface area contributed by atoms with E-state index in [1.807, 2.05) is 18.3 Å². The van der Waals surface area contributed by atoms with Crippen molar-refractivity contribution < 1.29 is 4.74 Å². The van der Waals surface area contributed by atoms with Gasteiger partial charge in [-0.25, -0.2) is 9.97 Å². The zero-order valence-electron chi connectivity index (χ0n) is 28.6. The second-order valence-electron chi connectivity index (χ2n) is 13.9. The van der Waals surface area contributed by atoms with E-state index in [-0.39, 0.29) is 5.41 Å². The molecule has 0 aliphatic rings. The van der Waals surface area contributed by atoms with Crippen molar-refractivity contribution in [3.8, 4) is 39.5 Å². The van der Waals surface area contributed by atoms with Crippen molar-refractivity contribution in [1.82, 2.24) is 19.1 Å². The Morgan fingerprint density at radius 3 is 1.86 bits per heavy atom. The Bertz CT molecular complexity index is 2710. The molecule has 0 radical (unpaired) electrons. The minimum atomic E-state index is -0.0401. The number of hydrogen-bond donors (Lipinski definition) is 0. The lowest BCUT2D eigenvalue weighted by atomic mass is 9.88. The van der Waals surface area contributed by atoms with Gasteiger partial charge in [-0.2, -0.15) is 0 Å². The predicted molar refractivity (Wildman–Crippen MR) is 207 cm³/mol. The molecule has 0 aliphatic heterocycles. The summed E-state index contributed by atoms with van der Waals surface area (Å²) >= 11 is 0. The largest absolute Gasteiger partial charge is 0.497 e. The summed E-state index contributed by atoms with van der Waals surface area (Å²) in [5.41, 5.74) is 10.7. The number of nitrogens with zero attached hydrogens (tertiary/aromatic N) is 4. The van der Waals surface area contributed by atoms with Gasteiger partial charge in [-0.05, 0) is 76.2 Å². The van der Waals surface area contributed by atoms with Crippen LogP contribution in [0.2, 0.25) is 0 Å². The highest BCUT2D eigenvalue weighted by Gasteiger charge is 2.26. The molecule has 9 rings (SSSR count). The molecule has 50 heavy (non-hydrogen) atoms. The van der Waals surface area contributed by atoms with Crippen LogP contribution in [0.15, 0.2) is 146 Å². The normalized spacial score (nSPS) is 12.0. The molecule has 9 aromatic rings. The molecule has 0 spiro atoms. The maximum atomic E-state index is 5.68. The van der Waals surface area contributed by atoms with E-state index in [2.05, 4.69) is 157 Å². The number of benzene rings is 5. The van der Waals surface area contributed by atoms with Crippen LogP contribution in [0.4, 0.5) is 0 Å². The fourth-order valence-corrected chi connectivity index (χ4v) is 7.38. The van der Waals surface area contributed by atoms with Crippen molar-refractivity contribution >= 4 is 43.9 Å². The molecule has 0 bridgehead atoms. The first-order valence-electron chi connectivity index (χ1n) is 17.0. The first-order valence-corrected chi connectivity index (χ1v) is 17.0. The van der Waals surface area contributed by atoms with E-state index in [9.17, 15) is 0 Å². The van der Waals surface area contributed by atoms with E-state index < -0.39 is 0 Å². The molecular weight excluding hydrogens is 613 g/mol. The second-order valence-corrected chi connectivity index (χ2v) is 13.9. The third kappa shape index (κ3) is 4.69. The Balaban J connectivity index is 1.47. The lowest BCUT2D eigenvalue weighted by Gasteiger charge is -2.20. The van der Waals surface area contributed by atoms with Crippen molar-refractivity contribution in [1.29, 1.82) is 0 Å². The molecule has 5 aromatic carbocycles. The maximum Gasteiger partial charge on any atom is 0.149 e. The highest BCUT2D eigenvalue weighted by molar-refractivity contribution is 6.26. The van der Waals surface area contributed by atoms with E-state index in [0.29, 0.717) is 0 Å². The molecule has 0 unspecified atom stereocenters. The third-order valence-electron chi connectivity index (χ3n) is 9.84. The van der Waals surface area contributed by atoms with Crippen LogP contribution < -0.4 is 4.74 Å². The SMILES string of the molecule is COc1ccc(-c2c3c4ccccc4n(-c4cccc(-c5ccccc5)c4)c3nc3c2c2ccccc2n3-c2cc(C(C)(C)C)ccn2)cc1. The van der Waals surface area contributed by atoms with Gasteiger partial charge in [0.25, 0.3) is 0 Å². The Labute approximate surface area is 291 Å². The number of pyridine rings is 2. The van der Waals surface area contributed by atoms with Crippen LogP contribution in [0.1, 0.15) is 26.3 Å². The predicted octanol–water partition coefficient (Wildman–Crippen LogP) is 11.3. The summed E-state index contributed by atoms with van der Waals surface area (Å²) in [6, 6.07) is 49.3. The smallest absolute Gasteiger partial charge is 0.149 e. The molecular formula is C45H36N4O. The molecule has 5 nitrogen and oxygen atoms in total. The van der Waals surface area contributed by atoms with Gasteiger partial charge in [0.05, 0.1) is 18.1 Å². The molecule has 0 saturated carbocycles. The number of methoxy groups -OCH3 is 1. The fourth-order valence-electron chi connectivity index (χ4n) is 7.38. The van der Waals surface area contributed by atoms with Crippen molar-refractivity contribution in [3.63, 3.8) is 0 Å². The molecule has 0 atom stereocenters. The molecule has 4 heterocycles. The maximum absolute atomic E-state index is 5.68. The number of fused-ring (bicyclic) bond motifs is 6. The fraction of sp³-hybridized carbons (Fsp3) is 0.111. The summed E-state index contributed by atoms with van der Waals surface area (Å²) < 4.78 is 10.2. The number of para-hydroxylation sites is 2. The van der Waals surface area contributed by atoms with Crippen LogP contribution in [0.5, 0.6) is 5.75 Å². The van der Waals surface area contributed by atoms with Crippen LogP contribution in [0.25, 0.3) is 77.6 Å². The summed E-state index contributed by atoms with van der Waals surface area (Å²) in [5, 5.41) is 4.50. The van der Waals surface area contributed by atoms with Gasteiger partial charge in [-0.3, -0.25) is 9.13 Å². The Morgan fingerprint density at radius 2 is 1.18 bits per heavy atom. The summed E-state index contributed by atoms with van der Waals surface area (Å²) in [4.78, 5) is 10.6. The summed E-state index contributed by atoms with van der Waals surface area (Å²) in [6.45, 7) is 6.72. The average molecular weight is 649 g/mol. The van der Waals surface area contributed by atoms with Gasteiger partial charge in [-0.1, -0.05) is 112 Å². The van der Waals surface area contributed by atoms with Gasteiger partial charge in [0.2, 0.25) is 0 Å². The van der Waals surface area contributed by atoms with Gasteiger partial charge in [0, 0.05) is 39.0 Å². The van der Waals surface area contributed by atoms with Crippen molar-refractivity contribution in [2.45, 2.75) is 26.2 Å². The average Bonchev–Trinajstić information content (AvgIpc) is 3.67. The number of ether oxygens (including phenoxy) is 1. The topological polar surface area (TPSA) is 44.9 Å². The first kappa shape index (κ1) is 29.9. The van der Waals surface area contributed by atoms with Gasteiger partial charge in [0.15, 0.2) is 0 Å². The van der Waals surface area contributed by atoms with Crippen molar-refractivity contribution in [2.75, 3.05) is 7.11 Å². The van der Waals surface area contributed by atoms with Gasteiger partial charge in [0.1, 0.15) is 22.9 Å². The quantitative estimate of drug-likeness (QED) is 0.187. The lowest BCUT2D eigenvalue weighted by molar-refractivity contribution is 0.415. The number of aromatic nitrogens is 4. The molecule has 0 saturated heterocycles. The van der Waals surface area contributed by atoms with Crippen LogP contribution in [0, 0.1) is 0 Å². The first-order chi connectivity index (χ1) is 24.4. The zero-order chi connectivity index (χ0) is 34.0. The summed E-state index contributed by atoms with van der Waals surface area (Å²) in [7, 11) is 1.71. The third-order valence-corrected chi connectivity index (χ3v) is 9.84. The lowest BCUT2D eigenvalue weighted by Crippen LogP contribution is -2.12. The van der Waals surface area contributed by atoms with Crippen LogP contribution in [0.3, 0.4) is 0 Å². The molecule has 242 valence electrons. The highest BCUT2D eigenvalue weighted by atomic mass is 16.5. The minimum Gasteiger partial charge on any atom is -0.497 e. The van der Waals surface area contributed by atoms with E-state index >= 15 is 0 Å². The monoisotopic (exact) mass is 648 g/mol. The van der Waals surface area contributed by atoms with Gasteiger partial charge < -0.3 is 4.74 Å². The molecule has 0 N–H and O–H groups in total. The highest BCUT2D eigenvalue weighted by Crippen LogP contribution is 2.46. The molecule has 5 heteroatoms. The standard InChI is InChI=1S/C45H36N4O/c1-45(2,3)32-25-26-46-39(28-32)49-38-20-11-9-18-36(38)42-40(30-21-23-34(50-4)24-22-30)41-35-17-8-10-19-37(35)48(43(41)47-44(42)49)33-16-12-15-31(27-33)29-13-6-5-7-14-29/h5-28H,1-4H3. The van der Waals surface area contributed by atoms with E-state index in [0.717, 1.165) is 77.8 Å². The molecule has 0 amide bonds. The van der Waals surface area contributed by atoms with E-state index in [1.165, 1.54) is 11.1 Å². The Hall–Kier alpha value is -6.20. The van der Waals surface area contributed by atoms with E-state index in [1.54, 1.807) is 7.11 Å². The number of hydrogen-bond acceptors (Lipinski definition) is 3. The summed E-state index contributed by atoms with van der Waals surface area (Å²) in [6.07, 6.45) is 1.92. The zero-order valence-corrected chi connectivity index (χ0v) is 28.6. The van der Waals surface area contributed by atoms with Gasteiger partial charge >= 0.3 is 0 Å². The molecule has 4 aromatic heterocycles.